The van der Waals surface area contributed by atoms with Crippen LogP contribution in [0.3, 0.4) is 0 Å². The van der Waals surface area contributed by atoms with Crippen LogP contribution in [0.4, 0.5) is 5.69 Å². The Morgan fingerprint density at radius 2 is 1.50 bits per heavy atom. The molecule has 7 heteroatoms. The van der Waals surface area contributed by atoms with Crippen molar-refractivity contribution >= 4 is 33.2 Å². The molecule has 0 spiro atoms. The Morgan fingerprint density at radius 3 is 2.09 bits per heavy atom. The minimum absolute atomic E-state index is 0.113. The number of hydrogen-bond donors (Lipinski definition) is 1. The number of amides is 1. The van der Waals surface area contributed by atoms with Gasteiger partial charge in [0, 0.05) is 5.02 Å². The third-order valence-corrected chi connectivity index (χ3v) is 7.54. The van der Waals surface area contributed by atoms with Crippen LogP contribution < -0.4 is 9.62 Å². The van der Waals surface area contributed by atoms with Gasteiger partial charge < -0.3 is 5.32 Å². The summed E-state index contributed by atoms with van der Waals surface area (Å²) >= 11 is 6.27. The lowest BCUT2D eigenvalue weighted by atomic mass is 10.1. The number of rotatable bonds is 7. The normalized spacial score (nSPS) is 12.3. The summed E-state index contributed by atoms with van der Waals surface area (Å²) in [5.41, 5.74) is 3.97. The van der Waals surface area contributed by atoms with E-state index in [9.17, 15) is 13.2 Å². The Hall–Kier alpha value is -2.83. The van der Waals surface area contributed by atoms with E-state index < -0.39 is 15.9 Å². The summed E-state index contributed by atoms with van der Waals surface area (Å²) in [6.07, 6.45) is 0. The number of sulfonamides is 1. The lowest BCUT2D eigenvalue weighted by Crippen LogP contribution is -2.42. The molecule has 168 valence electrons. The average Bonchev–Trinajstić information content (AvgIpc) is 2.75. The minimum atomic E-state index is -4.00. The molecule has 0 bridgehead atoms. The van der Waals surface area contributed by atoms with Gasteiger partial charge in [-0.1, -0.05) is 65.2 Å². The van der Waals surface area contributed by atoms with E-state index in [1.165, 1.54) is 0 Å². The van der Waals surface area contributed by atoms with E-state index >= 15 is 0 Å². The van der Waals surface area contributed by atoms with Gasteiger partial charge >= 0.3 is 0 Å². The van der Waals surface area contributed by atoms with Crippen molar-refractivity contribution in [1.29, 1.82) is 0 Å². The third-order valence-electron chi connectivity index (χ3n) is 5.36. The van der Waals surface area contributed by atoms with E-state index in [4.69, 9.17) is 11.6 Å². The van der Waals surface area contributed by atoms with Crippen molar-refractivity contribution in [2.45, 2.75) is 38.6 Å². The topological polar surface area (TPSA) is 66.5 Å². The van der Waals surface area contributed by atoms with E-state index in [2.05, 4.69) is 5.32 Å². The Kier molecular flexibility index (Phi) is 7.26. The molecule has 1 atom stereocenters. The molecule has 0 saturated carbocycles. The van der Waals surface area contributed by atoms with Gasteiger partial charge in [0.05, 0.1) is 16.6 Å². The number of hydrogen-bond acceptors (Lipinski definition) is 3. The highest BCUT2D eigenvalue weighted by Crippen LogP contribution is 2.31. The second-order valence-electron chi connectivity index (χ2n) is 7.91. The SMILES string of the molecule is Cc1ccc(C(C)NC(=O)CN(c2cccc(Cl)c2C)S(=O)(=O)c2ccc(C)cc2)cc1. The number of anilines is 1. The molecule has 0 radical (unpaired) electrons. The first-order chi connectivity index (χ1) is 15.1. The zero-order valence-electron chi connectivity index (χ0n) is 18.6. The highest BCUT2D eigenvalue weighted by Gasteiger charge is 2.29. The summed E-state index contributed by atoms with van der Waals surface area (Å²) in [6.45, 7) is 7.12. The molecule has 1 amide bonds. The van der Waals surface area contributed by atoms with Crippen LogP contribution in [-0.2, 0) is 14.8 Å². The van der Waals surface area contributed by atoms with Crippen LogP contribution in [0.2, 0.25) is 5.02 Å². The van der Waals surface area contributed by atoms with Crippen LogP contribution in [0.1, 0.15) is 35.2 Å². The first-order valence-corrected chi connectivity index (χ1v) is 12.1. The zero-order chi connectivity index (χ0) is 23.5. The fourth-order valence-electron chi connectivity index (χ4n) is 3.36. The zero-order valence-corrected chi connectivity index (χ0v) is 20.2. The quantitative estimate of drug-likeness (QED) is 0.507. The molecule has 0 aliphatic carbocycles. The molecule has 0 aromatic heterocycles. The maximum Gasteiger partial charge on any atom is 0.264 e. The highest BCUT2D eigenvalue weighted by molar-refractivity contribution is 7.92. The number of nitrogens with zero attached hydrogens (tertiary/aromatic N) is 1. The van der Waals surface area contributed by atoms with Crippen LogP contribution in [0.25, 0.3) is 0 Å². The molecule has 0 fully saturated rings. The van der Waals surface area contributed by atoms with Crippen molar-refractivity contribution in [2.24, 2.45) is 0 Å². The van der Waals surface area contributed by atoms with Crippen molar-refractivity contribution in [3.8, 4) is 0 Å². The molecule has 1 unspecified atom stereocenters. The van der Waals surface area contributed by atoms with Crippen molar-refractivity contribution < 1.29 is 13.2 Å². The van der Waals surface area contributed by atoms with E-state index in [0.717, 1.165) is 21.0 Å². The van der Waals surface area contributed by atoms with Crippen LogP contribution in [0.15, 0.2) is 71.6 Å². The van der Waals surface area contributed by atoms with Crippen molar-refractivity contribution in [2.75, 3.05) is 10.8 Å². The monoisotopic (exact) mass is 470 g/mol. The van der Waals surface area contributed by atoms with Gasteiger partial charge in [0.15, 0.2) is 0 Å². The van der Waals surface area contributed by atoms with Gasteiger partial charge in [-0.2, -0.15) is 0 Å². The van der Waals surface area contributed by atoms with Gasteiger partial charge in [0.1, 0.15) is 6.54 Å². The predicted octanol–water partition coefficient (Wildman–Crippen LogP) is 5.34. The van der Waals surface area contributed by atoms with Crippen molar-refractivity contribution in [3.63, 3.8) is 0 Å². The second-order valence-corrected chi connectivity index (χ2v) is 10.2. The third kappa shape index (κ3) is 5.31. The van der Waals surface area contributed by atoms with Gasteiger partial charge in [-0.05, 0) is 63.1 Å². The highest BCUT2D eigenvalue weighted by atomic mass is 35.5. The second kappa shape index (κ2) is 9.76. The molecular formula is C25H27ClN2O3S. The molecule has 0 aliphatic rings. The Labute approximate surface area is 195 Å². The maximum absolute atomic E-state index is 13.5. The van der Waals surface area contributed by atoms with E-state index in [1.54, 1.807) is 49.4 Å². The molecule has 1 N–H and O–H groups in total. The summed E-state index contributed by atoms with van der Waals surface area (Å²) in [5, 5.41) is 3.34. The Bertz CT molecular complexity index is 1210. The number of carbonyl (C=O) groups excluding carboxylic acids is 1. The Morgan fingerprint density at radius 1 is 0.938 bits per heavy atom. The average molecular weight is 471 g/mol. The summed E-state index contributed by atoms with van der Waals surface area (Å²) in [5.74, 6) is -0.409. The molecule has 5 nitrogen and oxygen atoms in total. The molecule has 0 heterocycles. The first-order valence-electron chi connectivity index (χ1n) is 10.3. The predicted molar refractivity (Wildman–Crippen MR) is 130 cm³/mol. The van der Waals surface area contributed by atoms with Gasteiger partial charge in [-0.25, -0.2) is 8.42 Å². The van der Waals surface area contributed by atoms with Gasteiger partial charge in [0.25, 0.3) is 10.0 Å². The lowest BCUT2D eigenvalue weighted by molar-refractivity contribution is -0.120. The molecule has 0 aliphatic heterocycles. The fraction of sp³-hybridized carbons (Fsp3) is 0.240. The lowest BCUT2D eigenvalue weighted by Gasteiger charge is -2.27. The van der Waals surface area contributed by atoms with E-state index in [0.29, 0.717) is 16.3 Å². The van der Waals surface area contributed by atoms with Crippen molar-refractivity contribution in [1.82, 2.24) is 5.32 Å². The van der Waals surface area contributed by atoms with E-state index in [-0.39, 0.29) is 17.5 Å². The molecular weight excluding hydrogens is 444 g/mol. The molecule has 3 rings (SSSR count). The van der Waals surface area contributed by atoms with Gasteiger partial charge in [-0.3, -0.25) is 9.10 Å². The smallest absolute Gasteiger partial charge is 0.264 e. The number of halogens is 1. The standard InChI is InChI=1S/C25H27ClN2O3S/c1-17-8-12-21(13-9-17)20(4)27-25(29)16-28(24-7-5-6-23(26)19(24)3)32(30,31)22-14-10-18(2)11-15-22/h5-15,20H,16H2,1-4H3,(H,27,29). The molecule has 3 aromatic rings. The van der Waals surface area contributed by atoms with Gasteiger partial charge in [-0.15, -0.1) is 0 Å². The van der Waals surface area contributed by atoms with Crippen LogP contribution in [-0.4, -0.2) is 20.9 Å². The maximum atomic E-state index is 13.5. The molecule has 0 saturated heterocycles. The summed E-state index contributed by atoms with van der Waals surface area (Å²) in [6, 6.07) is 19.1. The largest absolute Gasteiger partial charge is 0.348 e. The summed E-state index contributed by atoms with van der Waals surface area (Å²) in [4.78, 5) is 13.1. The summed E-state index contributed by atoms with van der Waals surface area (Å²) < 4.78 is 28.2. The number of benzene rings is 3. The van der Waals surface area contributed by atoms with Gasteiger partial charge in [0.2, 0.25) is 5.91 Å². The molecule has 3 aromatic carbocycles. The first kappa shape index (κ1) is 23.8. The van der Waals surface area contributed by atoms with Crippen LogP contribution in [0.5, 0.6) is 0 Å². The number of aryl methyl sites for hydroxylation is 2. The summed E-state index contributed by atoms with van der Waals surface area (Å²) in [7, 11) is -4.00. The minimum Gasteiger partial charge on any atom is -0.348 e. The fourth-order valence-corrected chi connectivity index (χ4v) is 5.01. The van der Waals surface area contributed by atoms with Crippen LogP contribution in [0, 0.1) is 20.8 Å². The molecule has 32 heavy (non-hydrogen) atoms. The number of carbonyl (C=O) groups is 1. The van der Waals surface area contributed by atoms with Crippen molar-refractivity contribution in [3.05, 3.63) is 94.0 Å². The van der Waals surface area contributed by atoms with Crippen LogP contribution >= 0.6 is 11.6 Å². The number of nitrogens with one attached hydrogen (secondary N) is 1. The van der Waals surface area contributed by atoms with E-state index in [1.807, 2.05) is 45.0 Å². The Balaban J connectivity index is 1.94.